The van der Waals surface area contributed by atoms with Crippen molar-refractivity contribution < 1.29 is 9.90 Å². The van der Waals surface area contributed by atoms with Crippen LogP contribution >= 0.6 is 11.8 Å². The molecule has 3 N–H and O–H groups in total. The van der Waals surface area contributed by atoms with Crippen LogP contribution < -0.4 is 5.73 Å². The zero-order valence-corrected chi connectivity index (χ0v) is 5.73. The lowest BCUT2D eigenvalue weighted by Gasteiger charge is -2.06. The molecular formula is C5H9NO2S. The SMILES string of the molecule is N[C@H]1CCS[C@@H]1C(=O)O. The number of rotatable bonds is 1. The highest BCUT2D eigenvalue weighted by Crippen LogP contribution is 2.25. The number of nitrogens with two attached hydrogens (primary N) is 1. The predicted octanol–water partition coefficient (Wildman–Crippen LogP) is -0.0962. The van der Waals surface area contributed by atoms with Crippen LogP contribution in [0.2, 0.25) is 0 Å². The average Bonchev–Trinajstić information content (AvgIpc) is 2.13. The largest absolute Gasteiger partial charge is 0.480 e. The van der Waals surface area contributed by atoms with Gasteiger partial charge in [-0.1, -0.05) is 0 Å². The molecule has 0 spiro atoms. The fourth-order valence-corrected chi connectivity index (χ4v) is 2.05. The molecule has 1 rings (SSSR count). The minimum Gasteiger partial charge on any atom is -0.480 e. The first-order valence-corrected chi connectivity index (χ1v) is 3.86. The van der Waals surface area contributed by atoms with Gasteiger partial charge in [0.05, 0.1) is 0 Å². The van der Waals surface area contributed by atoms with Crippen LogP contribution in [0.15, 0.2) is 0 Å². The second-order valence-electron chi connectivity index (χ2n) is 2.08. The van der Waals surface area contributed by atoms with Gasteiger partial charge in [-0.15, -0.1) is 11.8 Å². The molecule has 2 atom stereocenters. The molecule has 0 aromatic heterocycles. The number of hydrogen-bond acceptors (Lipinski definition) is 3. The van der Waals surface area contributed by atoms with Crippen LogP contribution in [-0.4, -0.2) is 28.1 Å². The molecule has 0 bridgehead atoms. The van der Waals surface area contributed by atoms with E-state index in [1.807, 2.05) is 0 Å². The van der Waals surface area contributed by atoms with Crippen LogP contribution in [0, 0.1) is 0 Å². The summed E-state index contributed by atoms with van der Waals surface area (Å²) in [6.07, 6.45) is 0.835. The van der Waals surface area contributed by atoms with Gasteiger partial charge in [-0.3, -0.25) is 4.79 Å². The molecule has 4 heteroatoms. The third-order valence-corrected chi connectivity index (χ3v) is 2.76. The quantitative estimate of drug-likeness (QED) is 0.544. The van der Waals surface area contributed by atoms with Crippen molar-refractivity contribution in [1.29, 1.82) is 0 Å². The van der Waals surface area contributed by atoms with E-state index in [1.165, 1.54) is 11.8 Å². The number of thioether (sulfide) groups is 1. The predicted molar refractivity (Wildman–Crippen MR) is 36.5 cm³/mol. The Morgan fingerprint density at radius 1 is 1.78 bits per heavy atom. The van der Waals surface area contributed by atoms with Crippen molar-refractivity contribution in [2.45, 2.75) is 17.7 Å². The number of carbonyl (C=O) groups is 1. The van der Waals surface area contributed by atoms with Crippen molar-refractivity contribution >= 4 is 17.7 Å². The highest BCUT2D eigenvalue weighted by Gasteiger charge is 2.30. The Hall–Kier alpha value is -0.220. The van der Waals surface area contributed by atoms with Crippen molar-refractivity contribution in [3.8, 4) is 0 Å². The maximum absolute atomic E-state index is 10.3. The van der Waals surface area contributed by atoms with Crippen molar-refractivity contribution in [3.05, 3.63) is 0 Å². The van der Waals surface area contributed by atoms with E-state index in [-0.39, 0.29) is 11.3 Å². The molecule has 1 aliphatic heterocycles. The van der Waals surface area contributed by atoms with E-state index in [0.717, 1.165) is 12.2 Å². The molecule has 1 fully saturated rings. The van der Waals surface area contributed by atoms with Gasteiger partial charge in [-0.25, -0.2) is 0 Å². The minimum absolute atomic E-state index is 0.132. The Balaban J connectivity index is 2.49. The molecule has 0 saturated carbocycles. The fraction of sp³-hybridized carbons (Fsp3) is 0.800. The molecule has 9 heavy (non-hydrogen) atoms. The molecule has 3 nitrogen and oxygen atoms in total. The van der Waals surface area contributed by atoms with Crippen molar-refractivity contribution in [3.63, 3.8) is 0 Å². The van der Waals surface area contributed by atoms with Crippen molar-refractivity contribution in [2.24, 2.45) is 5.73 Å². The monoisotopic (exact) mass is 147 g/mol. The molecule has 52 valence electrons. The van der Waals surface area contributed by atoms with Crippen LogP contribution in [0.1, 0.15) is 6.42 Å². The van der Waals surface area contributed by atoms with E-state index in [4.69, 9.17) is 10.8 Å². The molecule has 1 saturated heterocycles. The molecule has 1 aliphatic rings. The minimum atomic E-state index is -0.773. The van der Waals surface area contributed by atoms with Crippen molar-refractivity contribution in [2.75, 3.05) is 5.75 Å². The van der Waals surface area contributed by atoms with E-state index in [9.17, 15) is 4.79 Å². The highest BCUT2D eigenvalue weighted by atomic mass is 32.2. The first kappa shape index (κ1) is 6.89. The zero-order chi connectivity index (χ0) is 6.85. The summed E-state index contributed by atoms with van der Waals surface area (Å²) < 4.78 is 0. The summed E-state index contributed by atoms with van der Waals surface area (Å²) in [4.78, 5) is 10.3. The summed E-state index contributed by atoms with van der Waals surface area (Å²) in [6, 6.07) is -0.132. The van der Waals surface area contributed by atoms with Gasteiger partial charge < -0.3 is 10.8 Å². The van der Waals surface area contributed by atoms with E-state index < -0.39 is 5.97 Å². The second-order valence-corrected chi connectivity index (χ2v) is 3.33. The van der Waals surface area contributed by atoms with Crippen molar-refractivity contribution in [1.82, 2.24) is 0 Å². The summed E-state index contributed by atoms with van der Waals surface area (Å²) in [5.41, 5.74) is 5.48. The van der Waals surface area contributed by atoms with Gasteiger partial charge >= 0.3 is 5.97 Å². The standard InChI is InChI=1S/C5H9NO2S/c6-3-1-2-9-4(3)5(7)8/h3-4H,1-2,6H2,(H,7,8)/t3-,4-/m0/s1. The van der Waals surface area contributed by atoms with Crippen LogP contribution in [-0.2, 0) is 4.79 Å². The van der Waals surface area contributed by atoms with Gasteiger partial charge in [0.25, 0.3) is 0 Å². The lowest BCUT2D eigenvalue weighted by Crippen LogP contribution is -2.33. The Morgan fingerprint density at radius 2 is 2.44 bits per heavy atom. The molecule has 0 amide bonds. The summed E-state index contributed by atoms with van der Waals surface area (Å²) in [6.45, 7) is 0. The summed E-state index contributed by atoms with van der Waals surface area (Å²) in [5.74, 6) is 0.114. The van der Waals surface area contributed by atoms with Gasteiger partial charge in [0.1, 0.15) is 5.25 Å². The lowest BCUT2D eigenvalue weighted by molar-refractivity contribution is -0.136. The van der Waals surface area contributed by atoms with E-state index >= 15 is 0 Å². The molecule has 0 radical (unpaired) electrons. The lowest BCUT2D eigenvalue weighted by atomic mass is 10.2. The third kappa shape index (κ3) is 1.37. The molecule has 0 aromatic rings. The molecule has 1 heterocycles. The smallest absolute Gasteiger partial charge is 0.318 e. The van der Waals surface area contributed by atoms with E-state index in [2.05, 4.69) is 0 Å². The fourth-order valence-electron chi connectivity index (χ4n) is 0.860. The second kappa shape index (κ2) is 2.58. The van der Waals surface area contributed by atoms with Crippen LogP contribution in [0.25, 0.3) is 0 Å². The third-order valence-electron chi connectivity index (χ3n) is 1.38. The van der Waals surface area contributed by atoms with E-state index in [0.29, 0.717) is 0 Å². The van der Waals surface area contributed by atoms with Gasteiger partial charge in [0.2, 0.25) is 0 Å². The van der Waals surface area contributed by atoms with Gasteiger partial charge in [-0.05, 0) is 12.2 Å². The highest BCUT2D eigenvalue weighted by molar-refractivity contribution is 8.00. The summed E-state index contributed by atoms with van der Waals surface area (Å²) >= 11 is 1.43. The Labute approximate surface area is 57.6 Å². The normalized spacial score (nSPS) is 34.8. The van der Waals surface area contributed by atoms with Gasteiger partial charge in [0.15, 0.2) is 0 Å². The zero-order valence-electron chi connectivity index (χ0n) is 4.91. The number of aliphatic carboxylic acids is 1. The Bertz CT molecular complexity index is 128. The van der Waals surface area contributed by atoms with Crippen LogP contribution in [0.3, 0.4) is 0 Å². The maximum atomic E-state index is 10.3. The first-order chi connectivity index (χ1) is 4.22. The van der Waals surface area contributed by atoms with Gasteiger partial charge in [0, 0.05) is 6.04 Å². The number of carboxylic acids is 1. The maximum Gasteiger partial charge on any atom is 0.318 e. The average molecular weight is 147 g/mol. The topological polar surface area (TPSA) is 63.3 Å². The summed E-state index contributed by atoms with van der Waals surface area (Å²) in [7, 11) is 0. The number of hydrogen-bond donors (Lipinski definition) is 2. The summed E-state index contributed by atoms with van der Waals surface area (Å²) in [5, 5.41) is 8.13. The molecule has 0 aromatic carbocycles. The van der Waals surface area contributed by atoms with Crippen LogP contribution in [0.4, 0.5) is 0 Å². The Kier molecular flexibility index (Phi) is 1.97. The number of carboxylic acid groups (broad SMARTS) is 1. The first-order valence-electron chi connectivity index (χ1n) is 2.82. The van der Waals surface area contributed by atoms with Crippen LogP contribution in [0.5, 0.6) is 0 Å². The molecular weight excluding hydrogens is 138 g/mol. The van der Waals surface area contributed by atoms with E-state index in [1.54, 1.807) is 0 Å². The molecule has 0 unspecified atom stereocenters. The Morgan fingerprint density at radius 3 is 2.67 bits per heavy atom. The van der Waals surface area contributed by atoms with Gasteiger partial charge in [-0.2, -0.15) is 0 Å². The molecule has 0 aliphatic carbocycles.